The van der Waals surface area contributed by atoms with Crippen molar-refractivity contribution in [3.63, 3.8) is 0 Å². The van der Waals surface area contributed by atoms with Gasteiger partial charge >= 0.3 is 6.09 Å². The molecular formula is C28H27ClN2O5. The summed E-state index contributed by atoms with van der Waals surface area (Å²) in [6.07, 6.45) is 1.63. The maximum Gasteiger partial charge on any atom is 0.415 e. The third kappa shape index (κ3) is 4.42. The summed E-state index contributed by atoms with van der Waals surface area (Å²) in [4.78, 5) is 14.5. The van der Waals surface area contributed by atoms with Crippen molar-refractivity contribution in [2.24, 2.45) is 0 Å². The van der Waals surface area contributed by atoms with Crippen molar-refractivity contribution in [2.45, 2.75) is 20.4 Å². The van der Waals surface area contributed by atoms with Gasteiger partial charge in [0.25, 0.3) is 0 Å². The number of carbonyl (C=O) groups is 1. The third-order valence-corrected chi connectivity index (χ3v) is 6.75. The first kappa shape index (κ1) is 23.9. The molecule has 0 aliphatic carbocycles. The van der Waals surface area contributed by atoms with Gasteiger partial charge in [-0.05, 0) is 61.4 Å². The van der Waals surface area contributed by atoms with E-state index in [2.05, 4.69) is 4.57 Å². The highest BCUT2D eigenvalue weighted by atomic mass is 35.5. The summed E-state index contributed by atoms with van der Waals surface area (Å²) in [6, 6.07) is 17.3. The van der Waals surface area contributed by atoms with E-state index in [1.165, 1.54) is 0 Å². The lowest BCUT2D eigenvalue weighted by atomic mass is 10.0. The molecule has 0 radical (unpaired) electrons. The molecule has 36 heavy (non-hydrogen) atoms. The van der Waals surface area contributed by atoms with E-state index in [-0.39, 0.29) is 12.9 Å². The minimum absolute atomic E-state index is 0.196. The smallest absolute Gasteiger partial charge is 0.415 e. The average molecular weight is 507 g/mol. The van der Waals surface area contributed by atoms with E-state index in [0.717, 1.165) is 33.3 Å². The van der Waals surface area contributed by atoms with Gasteiger partial charge in [-0.2, -0.15) is 0 Å². The van der Waals surface area contributed by atoms with Crippen LogP contribution in [0.25, 0.3) is 22.0 Å². The third-order valence-electron chi connectivity index (χ3n) is 6.39. The fourth-order valence-corrected chi connectivity index (χ4v) is 4.65. The average Bonchev–Trinajstić information content (AvgIpc) is 3.51. The van der Waals surface area contributed by atoms with Gasteiger partial charge < -0.3 is 28.4 Å². The molecular weight excluding hydrogens is 480 g/mol. The maximum atomic E-state index is 12.8. The lowest BCUT2D eigenvalue weighted by Gasteiger charge is -2.20. The molecule has 0 saturated carbocycles. The fraction of sp³-hybridized carbons (Fsp3) is 0.250. The quantitative estimate of drug-likeness (QED) is 0.283. The van der Waals surface area contributed by atoms with Gasteiger partial charge in [0.15, 0.2) is 11.5 Å². The Morgan fingerprint density at radius 3 is 2.44 bits per heavy atom. The Kier molecular flexibility index (Phi) is 6.65. The van der Waals surface area contributed by atoms with E-state index in [1.807, 2.05) is 68.6 Å². The van der Waals surface area contributed by atoms with Gasteiger partial charge in [0.2, 0.25) is 6.79 Å². The van der Waals surface area contributed by atoms with E-state index in [1.54, 1.807) is 18.1 Å². The summed E-state index contributed by atoms with van der Waals surface area (Å²) >= 11 is 6.55. The van der Waals surface area contributed by atoms with Crippen molar-refractivity contribution in [3.8, 4) is 34.1 Å². The highest BCUT2D eigenvalue weighted by molar-refractivity contribution is 6.31. The molecule has 1 aromatic heterocycles. The number of methoxy groups -OCH3 is 1. The summed E-state index contributed by atoms with van der Waals surface area (Å²) in [5, 5.41) is 1.57. The molecule has 8 heteroatoms. The van der Waals surface area contributed by atoms with Crippen LogP contribution in [0.5, 0.6) is 23.0 Å². The van der Waals surface area contributed by atoms with Crippen LogP contribution in [0.1, 0.15) is 19.4 Å². The molecule has 0 saturated heterocycles. The molecule has 7 nitrogen and oxygen atoms in total. The van der Waals surface area contributed by atoms with E-state index in [9.17, 15) is 4.79 Å². The number of halogens is 1. The van der Waals surface area contributed by atoms with Crippen LogP contribution < -0.4 is 18.9 Å². The largest absolute Gasteiger partial charge is 0.497 e. The molecule has 0 fully saturated rings. The highest BCUT2D eigenvalue weighted by Crippen LogP contribution is 2.40. The van der Waals surface area contributed by atoms with Gasteiger partial charge in [-0.1, -0.05) is 23.7 Å². The molecule has 1 amide bonds. The number of hydrogen-bond donors (Lipinski definition) is 0. The molecule has 1 aliphatic heterocycles. The molecule has 186 valence electrons. The molecule has 3 aromatic carbocycles. The van der Waals surface area contributed by atoms with Crippen LogP contribution in [0.3, 0.4) is 0 Å². The van der Waals surface area contributed by atoms with Crippen molar-refractivity contribution in [1.29, 1.82) is 0 Å². The fourth-order valence-electron chi connectivity index (χ4n) is 4.44. The standard InChI is InChI=1S/C28H27ClN2O5/c1-4-30(5-2)28(32)36-24-11-10-23-21(27(24)18-6-8-20(33-3)9-7-18)12-13-31(23)16-19-14-25-26(15-22(19)29)35-17-34-25/h6-15H,4-5,16-17H2,1-3H3. The summed E-state index contributed by atoms with van der Waals surface area (Å²) in [7, 11) is 1.63. The van der Waals surface area contributed by atoms with E-state index < -0.39 is 0 Å². The van der Waals surface area contributed by atoms with Gasteiger partial charge in [0, 0.05) is 53.4 Å². The summed E-state index contributed by atoms with van der Waals surface area (Å²) in [5.74, 6) is 2.60. The molecule has 5 rings (SSSR count). The summed E-state index contributed by atoms with van der Waals surface area (Å²) < 4.78 is 24.3. The number of aromatic nitrogens is 1. The molecule has 0 unspecified atom stereocenters. The monoisotopic (exact) mass is 506 g/mol. The number of ether oxygens (including phenoxy) is 4. The lowest BCUT2D eigenvalue weighted by molar-refractivity contribution is 0.157. The molecule has 0 atom stereocenters. The Bertz CT molecular complexity index is 1410. The van der Waals surface area contributed by atoms with Crippen molar-refractivity contribution >= 4 is 28.6 Å². The van der Waals surface area contributed by atoms with Crippen LogP contribution in [0.15, 0.2) is 60.8 Å². The van der Waals surface area contributed by atoms with Gasteiger partial charge in [0.1, 0.15) is 11.5 Å². The minimum atomic E-state index is -0.374. The number of benzene rings is 3. The van der Waals surface area contributed by atoms with Crippen molar-refractivity contribution < 1.29 is 23.7 Å². The Morgan fingerprint density at radius 2 is 1.75 bits per heavy atom. The lowest BCUT2D eigenvalue weighted by Crippen LogP contribution is -2.33. The molecule has 1 aliphatic rings. The summed E-state index contributed by atoms with van der Waals surface area (Å²) in [5.41, 5.74) is 3.66. The zero-order valence-electron chi connectivity index (χ0n) is 20.4. The molecule has 4 aromatic rings. The SMILES string of the molecule is CCN(CC)C(=O)Oc1ccc2c(ccn2Cc2cc3c(cc2Cl)OCO3)c1-c1ccc(OC)cc1. The first-order valence-electron chi connectivity index (χ1n) is 11.8. The normalized spacial score (nSPS) is 12.1. The van der Waals surface area contributed by atoms with Crippen LogP contribution in [0.4, 0.5) is 4.79 Å². The number of fused-ring (bicyclic) bond motifs is 2. The van der Waals surface area contributed by atoms with Crippen molar-refractivity contribution in [1.82, 2.24) is 9.47 Å². The van der Waals surface area contributed by atoms with Gasteiger partial charge in [-0.25, -0.2) is 4.79 Å². The van der Waals surface area contributed by atoms with Crippen LogP contribution >= 0.6 is 11.6 Å². The zero-order chi connectivity index (χ0) is 25.2. The Labute approximate surface area is 214 Å². The first-order chi connectivity index (χ1) is 17.5. The van der Waals surface area contributed by atoms with Gasteiger partial charge in [-0.3, -0.25) is 0 Å². The molecule has 0 spiro atoms. The second-order valence-corrected chi connectivity index (χ2v) is 8.79. The number of amides is 1. The van der Waals surface area contributed by atoms with Crippen molar-refractivity contribution in [2.75, 3.05) is 27.0 Å². The zero-order valence-corrected chi connectivity index (χ0v) is 21.2. The van der Waals surface area contributed by atoms with Crippen LogP contribution in [-0.2, 0) is 6.54 Å². The number of hydrogen-bond acceptors (Lipinski definition) is 5. The predicted molar refractivity (Wildman–Crippen MR) is 140 cm³/mol. The molecule has 0 N–H and O–H groups in total. The Balaban J connectivity index is 1.58. The Morgan fingerprint density at radius 1 is 1.03 bits per heavy atom. The molecule has 0 bridgehead atoms. The predicted octanol–water partition coefficient (Wildman–Crippen LogP) is 6.59. The van der Waals surface area contributed by atoms with Crippen LogP contribution in [0, 0.1) is 0 Å². The minimum Gasteiger partial charge on any atom is -0.497 e. The maximum absolute atomic E-state index is 12.8. The van der Waals surface area contributed by atoms with Crippen LogP contribution in [-0.4, -0.2) is 42.6 Å². The van der Waals surface area contributed by atoms with E-state index in [0.29, 0.717) is 41.9 Å². The number of rotatable bonds is 7. The second-order valence-electron chi connectivity index (χ2n) is 8.38. The van der Waals surface area contributed by atoms with Crippen LogP contribution in [0.2, 0.25) is 5.02 Å². The van der Waals surface area contributed by atoms with E-state index in [4.69, 9.17) is 30.5 Å². The second kappa shape index (κ2) is 10.0. The summed E-state index contributed by atoms with van der Waals surface area (Å²) in [6.45, 7) is 5.74. The highest BCUT2D eigenvalue weighted by Gasteiger charge is 2.21. The first-order valence-corrected chi connectivity index (χ1v) is 12.2. The number of carbonyl (C=O) groups excluding carboxylic acids is 1. The van der Waals surface area contributed by atoms with Gasteiger partial charge in [0.05, 0.1) is 7.11 Å². The van der Waals surface area contributed by atoms with E-state index >= 15 is 0 Å². The topological polar surface area (TPSA) is 62.2 Å². The van der Waals surface area contributed by atoms with Gasteiger partial charge in [-0.15, -0.1) is 0 Å². The van der Waals surface area contributed by atoms with Crippen molar-refractivity contribution in [3.05, 3.63) is 71.4 Å². The molecule has 2 heterocycles. The number of nitrogens with zero attached hydrogens (tertiary/aromatic N) is 2. The Hall–Kier alpha value is -3.84.